The van der Waals surface area contributed by atoms with E-state index in [4.69, 9.17) is 14.2 Å². The summed E-state index contributed by atoms with van der Waals surface area (Å²) in [4.78, 5) is 28.5. The quantitative estimate of drug-likeness (QED) is 0.343. The predicted molar refractivity (Wildman–Crippen MR) is 134 cm³/mol. The Bertz CT molecular complexity index is 1400. The van der Waals surface area contributed by atoms with Crippen LogP contribution >= 0.6 is 0 Å². The molecule has 1 aliphatic rings. The summed E-state index contributed by atoms with van der Waals surface area (Å²) >= 11 is 0. The van der Waals surface area contributed by atoms with Crippen molar-refractivity contribution < 1.29 is 23.8 Å². The molecule has 1 aliphatic heterocycles. The highest BCUT2D eigenvalue weighted by Crippen LogP contribution is 2.45. The van der Waals surface area contributed by atoms with E-state index in [-0.39, 0.29) is 18.8 Å². The van der Waals surface area contributed by atoms with Gasteiger partial charge in [-0.1, -0.05) is 66.7 Å². The van der Waals surface area contributed by atoms with Gasteiger partial charge in [-0.3, -0.25) is 9.69 Å². The third-order valence-electron chi connectivity index (χ3n) is 6.30. The van der Waals surface area contributed by atoms with E-state index in [1.165, 1.54) is 14.2 Å². The second-order valence-electron chi connectivity index (χ2n) is 8.38. The first-order chi connectivity index (χ1) is 17.1. The highest BCUT2D eigenvalue weighted by molar-refractivity contribution is 6.10. The molecule has 6 heteroatoms. The largest absolute Gasteiger partial charge is 0.497 e. The number of methoxy groups -OCH3 is 2. The van der Waals surface area contributed by atoms with Crippen LogP contribution in [-0.2, 0) is 11.3 Å². The van der Waals surface area contributed by atoms with Gasteiger partial charge in [0.05, 0.1) is 31.5 Å². The summed E-state index contributed by atoms with van der Waals surface area (Å²) in [6.45, 7) is 0.116. The summed E-state index contributed by atoms with van der Waals surface area (Å²) in [5.74, 6) is 0.736. The molecule has 0 saturated heterocycles. The number of hydrogen-bond donors (Lipinski definition) is 0. The van der Waals surface area contributed by atoms with E-state index < -0.39 is 12.1 Å². The number of ether oxygens (including phenoxy) is 3. The minimum absolute atomic E-state index is 0.106. The number of carbonyl (C=O) groups is 2. The monoisotopic (exact) mass is 467 g/mol. The molecule has 4 aromatic rings. The Morgan fingerprint density at radius 3 is 2.37 bits per heavy atom. The average molecular weight is 468 g/mol. The van der Waals surface area contributed by atoms with Crippen molar-refractivity contribution in [1.29, 1.82) is 0 Å². The molecule has 1 heterocycles. The third kappa shape index (κ3) is 4.30. The van der Waals surface area contributed by atoms with Crippen LogP contribution < -0.4 is 14.4 Å². The highest BCUT2D eigenvalue weighted by atomic mass is 16.6. The first-order valence-corrected chi connectivity index (χ1v) is 11.4. The average Bonchev–Trinajstić information content (AvgIpc) is 2.91. The molecule has 0 aromatic heterocycles. The summed E-state index contributed by atoms with van der Waals surface area (Å²) in [5.41, 5.74) is 2.48. The molecule has 6 nitrogen and oxygen atoms in total. The van der Waals surface area contributed by atoms with Gasteiger partial charge in [-0.15, -0.1) is 0 Å². The normalized spacial score (nSPS) is 15.0. The number of hydrogen-bond acceptors (Lipinski definition) is 5. The molecule has 0 fully saturated rings. The molecule has 0 spiro atoms. The fourth-order valence-electron chi connectivity index (χ4n) is 4.56. The van der Waals surface area contributed by atoms with Crippen molar-refractivity contribution in [1.82, 2.24) is 0 Å². The van der Waals surface area contributed by atoms with Gasteiger partial charge >= 0.3 is 6.09 Å². The lowest BCUT2D eigenvalue weighted by Crippen LogP contribution is -2.40. The van der Waals surface area contributed by atoms with E-state index in [9.17, 15) is 9.59 Å². The Hall–Kier alpha value is -4.32. The summed E-state index contributed by atoms with van der Waals surface area (Å²) in [6, 6.07) is 26.3. The molecule has 1 atom stereocenters. The maximum absolute atomic E-state index is 13.6. The van der Waals surface area contributed by atoms with Crippen molar-refractivity contribution in [3.63, 3.8) is 0 Å². The van der Waals surface area contributed by atoms with Crippen molar-refractivity contribution in [2.45, 2.75) is 19.1 Å². The van der Waals surface area contributed by atoms with E-state index in [0.717, 1.165) is 21.9 Å². The molecule has 4 aromatic carbocycles. The number of carbonyl (C=O) groups excluding carboxylic acids is 2. The zero-order chi connectivity index (χ0) is 24.4. The summed E-state index contributed by atoms with van der Waals surface area (Å²) < 4.78 is 16.7. The van der Waals surface area contributed by atoms with Gasteiger partial charge < -0.3 is 14.2 Å². The van der Waals surface area contributed by atoms with Crippen molar-refractivity contribution in [3.8, 4) is 11.5 Å². The molecule has 0 aliphatic carbocycles. The maximum atomic E-state index is 13.6. The van der Waals surface area contributed by atoms with E-state index >= 15 is 0 Å². The van der Waals surface area contributed by atoms with Crippen LogP contribution in [0.2, 0.25) is 0 Å². The number of rotatable bonds is 5. The smallest absolute Gasteiger partial charge is 0.415 e. The molecule has 0 unspecified atom stereocenters. The third-order valence-corrected chi connectivity index (χ3v) is 6.30. The van der Waals surface area contributed by atoms with Crippen LogP contribution in [0.5, 0.6) is 11.5 Å². The molecule has 176 valence electrons. The Kier molecular flexibility index (Phi) is 6.10. The van der Waals surface area contributed by atoms with Crippen LogP contribution in [0.4, 0.5) is 10.5 Å². The summed E-state index contributed by atoms with van der Waals surface area (Å²) in [7, 11) is 3.03. The van der Waals surface area contributed by atoms with E-state index in [1.54, 1.807) is 17.0 Å². The van der Waals surface area contributed by atoms with Gasteiger partial charge in [0, 0.05) is 18.6 Å². The van der Waals surface area contributed by atoms with Gasteiger partial charge in [-0.25, -0.2) is 4.79 Å². The van der Waals surface area contributed by atoms with Crippen LogP contribution in [0.25, 0.3) is 10.8 Å². The Balaban J connectivity index is 1.61. The van der Waals surface area contributed by atoms with Crippen LogP contribution in [0.1, 0.15) is 33.9 Å². The number of Topliss-reactive ketones (excluding diaryl/α,β-unsaturated/α-hetero) is 1. The lowest BCUT2D eigenvalue weighted by Gasteiger charge is -2.36. The molecule has 35 heavy (non-hydrogen) atoms. The first-order valence-electron chi connectivity index (χ1n) is 11.4. The van der Waals surface area contributed by atoms with Gasteiger partial charge in [0.2, 0.25) is 0 Å². The van der Waals surface area contributed by atoms with E-state index in [1.807, 2.05) is 72.8 Å². The van der Waals surface area contributed by atoms with Gasteiger partial charge in [0.15, 0.2) is 5.78 Å². The molecule has 0 radical (unpaired) electrons. The number of benzene rings is 4. The first kappa shape index (κ1) is 22.5. The number of fused-ring (bicyclic) bond motifs is 2. The topological polar surface area (TPSA) is 65.1 Å². The van der Waals surface area contributed by atoms with E-state index in [2.05, 4.69) is 0 Å². The SMILES string of the molecule is COc1cc(OC)c2c(c1)N(C(=O)OCc1ccccc1)[C@@H](c1ccc3ccccc3c1)CC2=O. The molecule has 5 rings (SSSR count). The number of amides is 1. The predicted octanol–water partition coefficient (Wildman–Crippen LogP) is 6.33. The van der Waals surface area contributed by atoms with Crippen LogP contribution in [0, 0.1) is 0 Å². The van der Waals surface area contributed by atoms with Gasteiger partial charge in [0.25, 0.3) is 0 Å². The van der Waals surface area contributed by atoms with Crippen molar-refractivity contribution in [3.05, 3.63) is 102 Å². The molecular formula is C29H25NO5. The zero-order valence-electron chi connectivity index (χ0n) is 19.6. The van der Waals surface area contributed by atoms with Crippen LogP contribution in [-0.4, -0.2) is 26.1 Å². The highest BCUT2D eigenvalue weighted by Gasteiger charge is 2.39. The fourth-order valence-corrected chi connectivity index (χ4v) is 4.56. The minimum Gasteiger partial charge on any atom is -0.497 e. The van der Waals surface area contributed by atoms with Gasteiger partial charge in [0.1, 0.15) is 18.1 Å². The summed E-state index contributed by atoms with van der Waals surface area (Å²) in [5, 5.41) is 2.12. The van der Waals surface area contributed by atoms with Gasteiger partial charge in [-0.2, -0.15) is 0 Å². The lowest BCUT2D eigenvalue weighted by atomic mass is 9.89. The molecular weight excluding hydrogens is 442 g/mol. The molecule has 0 saturated carbocycles. The van der Waals surface area contributed by atoms with Crippen molar-refractivity contribution in [2.24, 2.45) is 0 Å². The second kappa shape index (κ2) is 9.50. The number of ketones is 1. The zero-order valence-corrected chi connectivity index (χ0v) is 19.6. The molecule has 0 N–H and O–H groups in total. The Morgan fingerprint density at radius 2 is 1.63 bits per heavy atom. The number of nitrogens with zero attached hydrogens (tertiary/aromatic N) is 1. The van der Waals surface area contributed by atoms with Crippen LogP contribution in [0.3, 0.4) is 0 Å². The Labute approximate surface area is 203 Å². The standard InChI is InChI=1S/C29H25NO5/c1-33-23-15-25-28(27(16-23)34-2)26(31)17-24(22-13-12-20-10-6-7-11-21(20)14-22)30(25)29(32)35-18-19-8-4-3-5-9-19/h3-16,24H,17-18H2,1-2H3/t24-/m1/s1. The Morgan fingerprint density at radius 1 is 0.886 bits per heavy atom. The van der Waals surface area contributed by atoms with Crippen molar-refractivity contribution >= 4 is 28.3 Å². The van der Waals surface area contributed by atoms with Crippen LogP contribution in [0.15, 0.2) is 84.9 Å². The minimum atomic E-state index is -0.545. The van der Waals surface area contributed by atoms with Gasteiger partial charge in [-0.05, 0) is 28.0 Å². The summed E-state index contributed by atoms with van der Waals surface area (Å²) in [6.07, 6.45) is -0.440. The lowest BCUT2D eigenvalue weighted by molar-refractivity contribution is 0.0957. The van der Waals surface area contributed by atoms with Crippen molar-refractivity contribution in [2.75, 3.05) is 19.1 Å². The molecule has 0 bridgehead atoms. The number of anilines is 1. The maximum Gasteiger partial charge on any atom is 0.415 e. The fraction of sp³-hybridized carbons (Fsp3) is 0.172. The molecule has 1 amide bonds. The second-order valence-corrected chi connectivity index (χ2v) is 8.38. The van der Waals surface area contributed by atoms with E-state index in [0.29, 0.717) is 22.7 Å².